The van der Waals surface area contributed by atoms with Crippen molar-refractivity contribution in [2.24, 2.45) is 5.92 Å². The lowest BCUT2D eigenvalue weighted by Gasteiger charge is -2.14. The minimum Gasteiger partial charge on any atom is -0.493 e. The van der Waals surface area contributed by atoms with Crippen LogP contribution in [0.4, 0.5) is 0 Å². The van der Waals surface area contributed by atoms with Crippen LogP contribution in [0.3, 0.4) is 0 Å². The first-order valence-corrected chi connectivity index (χ1v) is 8.53. The first-order valence-electron chi connectivity index (χ1n) is 8.53. The van der Waals surface area contributed by atoms with E-state index in [1.54, 1.807) is 28.4 Å². The summed E-state index contributed by atoms with van der Waals surface area (Å²) in [5.41, 5.74) is 2.52. The maximum absolute atomic E-state index is 5.38. The molecule has 0 aliphatic rings. The Hall–Kier alpha value is -2.36. The Kier molecular flexibility index (Phi) is 6.99. The van der Waals surface area contributed by atoms with Gasteiger partial charge < -0.3 is 18.9 Å². The Bertz CT molecular complexity index is 682. The fourth-order valence-corrected chi connectivity index (χ4v) is 2.96. The number of hydrogen-bond acceptors (Lipinski definition) is 4. The first-order chi connectivity index (χ1) is 12.1. The van der Waals surface area contributed by atoms with E-state index in [1.807, 2.05) is 12.1 Å². The second-order valence-corrected chi connectivity index (χ2v) is 6.23. The Morgan fingerprint density at radius 3 is 1.68 bits per heavy atom. The maximum atomic E-state index is 5.38. The van der Waals surface area contributed by atoms with E-state index < -0.39 is 0 Å². The van der Waals surface area contributed by atoms with Crippen molar-refractivity contribution in [1.29, 1.82) is 0 Å². The molecule has 2 aromatic rings. The van der Waals surface area contributed by atoms with Gasteiger partial charge in [0.05, 0.1) is 28.4 Å². The number of ether oxygens (including phenoxy) is 4. The van der Waals surface area contributed by atoms with Crippen LogP contribution in [0, 0.1) is 5.92 Å². The predicted octanol–water partition coefficient (Wildman–Crippen LogP) is 4.53. The molecule has 0 radical (unpaired) electrons. The topological polar surface area (TPSA) is 36.9 Å². The minimum absolute atomic E-state index is 0.561. The van der Waals surface area contributed by atoms with Gasteiger partial charge in [-0.1, -0.05) is 19.1 Å². The summed E-state index contributed by atoms with van der Waals surface area (Å²) in [6.45, 7) is 2.28. The molecule has 0 N–H and O–H groups in total. The lowest BCUT2D eigenvalue weighted by atomic mass is 9.94. The molecule has 0 aliphatic heterocycles. The monoisotopic (exact) mass is 344 g/mol. The SMILES string of the molecule is COc1ccc(CCC(C)Cc2ccc(OC)c(OC)c2)cc1OC. The number of aryl methyl sites for hydroxylation is 1. The molecule has 1 atom stereocenters. The molecule has 0 saturated heterocycles. The second kappa shape index (κ2) is 9.21. The zero-order valence-corrected chi connectivity index (χ0v) is 15.8. The van der Waals surface area contributed by atoms with Gasteiger partial charge in [0, 0.05) is 0 Å². The predicted molar refractivity (Wildman–Crippen MR) is 100 cm³/mol. The van der Waals surface area contributed by atoms with Gasteiger partial charge in [-0.15, -0.1) is 0 Å². The molecule has 1 unspecified atom stereocenters. The van der Waals surface area contributed by atoms with Crippen LogP contribution in [-0.2, 0) is 12.8 Å². The van der Waals surface area contributed by atoms with Gasteiger partial charge >= 0.3 is 0 Å². The summed E-state index contributed by atoms with van der Waals surface area (Å²) in [6.07, 6.45) is 3.12. The molecule has 136 valence electrons. The maximum Gasteiger partial charge on any atom is 0.160 e. The van der Waals surface area contributed by atoms with Crippen molar-refractivity contribution < 1.29 is 18.9 Å². The standard InChI is InChI=1S/C21H28O4/c1-15(12-17-9-11-19(23-3)21(14-17)25-5)6-7-16-8-10-18(22-2)20(13-16)24-4/h8-11,13-15H,6-7,12H2,1-5H3. The summed E-state index contributed by atoms with van der Waals surface area (Å²) >= 11 is 0. The zero-order chi connectivity index (χ0) is 18.2. The van der Waals surface area contributed by atoms with Gasteiger partial charge in [-0.3, -0.25) is 0 Å². The van der Waals surface area contributed by atoms with Gasteiger partial charge in [0.2, 0.25) is 0 Å². The fraction of sp³-hybridized carbons (Fsp3) is 0.429. The average Bonchev–Trinajstić information content (AvgIpc) is 2.65. The van der Waals surface area contributed by atoms with E-state index in [0.717, 1.165) is 42.3 Å². The molecule has 0 saturated carbocycles. The highest BCUT2D eigenvalue weighted by Crippen LogP contribution is 2.30. The van der Waals surface area contributed by atoms with Crippen LogP contribution < -0.4 is 18.9 Å². The molecule has 0 fully saturated rings. The quantitative estimate of drug-likeness (QED) is 0.669. The highest BCUT2D eigenvalue weighted by atomic mass is 16.5. The lowest BCUT2D eigenvalue weighted by Crippen LogP contribution is -2.03. The number of benzene rings is 2. The van der Waals surface area contributed by atoms with Gasteiger partial charge in [-0.05, 0) is 60.6 Å². The van der Waals surface area contributed by atoms with E-state index in [9.17, 15) is 0 Å². The van der Waals surface area contributed by atoms with Crippen LogP contribution in [0.15, 0.2) is 36.4 Å². The summed E-state index contributed by atoms with van der Waals surface area (Å²) < 4.78 is 21.3. The molecule has 4 heteroatoms. The summed E-state index contributed by atoms with van der Waals surface area (Å²) in [4.78, 5) is 0. The third kappa shape index (κ3) is 5.05. The Labute approximate surface area is 150 Å². The van der Waals surface area contributed by atoms with E-state index in [-0.39, 0.29) is 0 Å². The fourth-order valence-electron chi connectivity index (χ4n) is 2.96. The van der Waals surface area contributed by atoms with Crippen LogP contribution in [0.5, 0.6) is 23.0 Å². The molecular weight excluding hydrogens is 316 g/mol. The van der Waals surface area contributed by atoms with Crippen LogP contribution in [0.2, 0.25) is 0 Å². The minimum atomic E-state index is 0.561. The highest BCUT2D eigenvalue weighted by Gasteiger charge is 2.10. The molecule has 0 heterocycles. The van der Waals surface area contributed by atoms with Crippen molar-refractivity contribution in [3.05, 3.63) is 47.5 Å². The Morgan fingerprint density at radius 1 is 0.680 bits per heavy atom. The van der Waals surface area contributed by atoms with Gasteiger partial charge in [0.15, 0.2) is 23.0 Å². The third-order valence-corrected chi connectivity index (χ3v) is 4.41. The van der Waals surface area contributed by atoms with Crippen molar-refractivity contribution in [1.82, 2.24) is 0 Å². The van der Waals surface area contributed by atoms with E-state index in [4.69, 9.17) is 18.9 Å². The lowest BCUT2D eigenvalue weighted by molar-refractivity contribution is 0.354. The van der Waals surface area contributed by atoms with Gasteiger partial charge in [-0.2, -0.15) is 0 Å². The average molecular weight is 344 g/mol. The smallest absolute Gasteiger partial charge is 0.160 e. The molecule has 25 heavy (non-hydrogen) atoms. The summed E-state index contributed by atoms with van der Waals surface area (Å²) in [6, 6.07) is 12.3. The molecular formula is C21H28O4. The van der Waals surface area contributed by atoms with Gasteiger partial charge in [0.1, 0.15) is 0 Å². The largest absolute Gasteiger partial charge is 0.493 e. The molecule has 0 aromatic heterocycles. The van der Waals surface area contributed by atoms with E-state index in [2.05, 4.69) is 31.2 Å². The van der Waals surface area contributed by atoms with Gasteiger partial charge in [0.25, 0.3) is 0 Å². The van der Waals surface area contributed by atoms with E-state index in [0.29, 0.717) is 5.92 Å². The number of rotatable bonds is 9. The van der Waals surface area contributed by atoms with Crippen molar-refractivity contribution in [2.45, 2.75) is 26.2 Å². The Balaban J connectivity index is 1.95. The zero-order valence-electron chi connectivity index (χ0n) is 15.8. The summed E-state index contributed by atoms with van der Waals surface area (Å²) in [5.74, 6) is 3.67. The molecule has 0 bridgehead atoms. The molecule has 0 amide bonds. The molecule has 0 spiro atoms. The first kappa shape index (κ1) is 19.0. The molecule has 4 nitrogen and oxygen atoms in total. The highest BCUT2D eigenvalue weighted by molar-refractivity contribution is 5.43. The van der Waals surface area contributed by atoms with E-state index in [1.165, 1.54) is 11.1 Å². The van der Waals surface area contributed by atoms with E-state index >= 15 is 0 Å². The van der Waals surface area contributed by atoms with Crippen LogP contribution in [0.1, 0.15) is 24.5 Å². The molecule has 2 aromatic carbocycles. The van der Waals surface area contributed by atoms with Crippen LogP contribution in [-0.4, -0.2) is 28.4 Å². The van der Waals surface area contributed by atoms with Crippen molar-refractivity contribution in [3.8, 4) is 23.0 Å². The summed E-state index contributed by atoms with van der Waals surface area (Å²) in [7, 11) is 6.65. The van der Waals surface area contributed by atoms with Crippen LogP contribution >= 0.6 is 0 Å². The van der Waals surface area contributed by atoms with Gasteiger partial charge in [-0.25, -0.2) is 0 Å². The van der Waals surface area contributed by atoms with Crippen molar-refractivity contribution >= 4 is 0 Å². The summed E-state index contributed by atoms with van der Waals surface area (Å²) in [5, 5.41) is 0. The molecule has 2 rings (SSSR count). The van der Waals surface area contributed by atoms with Crippen molar-refractivity contribution in [2.75, 3.05) is 28.4 Å². The molecule has 0 aliphatic carbocycles. The normalized spacial score (nSPS) is 11.7. The number of hydrogen-bond donors (Lipinski definition) is 0. The third-order valence-electron chi connectivity index (χ3n) is 4.41. The Morgan fingerprint density at radius 2 is 1.16 bits per heavy atom. The van der Waals surface area contributed by atoms with Crippen molar-refractivity contribution in [3.63, 3.8) is 0 Å². The van der Waals surface area contributed by atoms with Crippen LogP contribution in [0.25, 0.3) is 0 Å². The second-order valence-electron chi connectivity index (χ2n) is 6.23. The number of methoxy groups -OCH3 is 4.